The first-order chi connectivity index (χ1) is 9.04. The van der Waals surface area contributed by atoms with Crippen LogP contribution in [0.1, 0.15) is 38.5 Å². The highest BCUT2D eigenvalue weighted by atomic mass is 16.4. The number of aliphatic carboxylic acids is 1. The lowest BCUT2D eigenvalue weighted by atomic mass is 9.68. The van der Waals surface area contributed by atoms with E-state index < -0.39 is 11.4 Å². The molecule has 0 aromatic rings. The van der Waals surface area contributed by atoms with Gasteiger partial charge in [-0.1, -0.05) is 6.42 Å². The number of carboxylic acid groups (broad SMARTS) is 1. The second kappa shape index (κ2) is 5.90. The van der Waals surface area contributed by atoms with Crippen LogP contribution >= 0.6 is 0 Å². The lowest BCUT2D eigenvalue weighted by Gasteiger charge is -2.36. The normalized spacial score (nSPS) is 26.5. The van der Waals surface area contributed by atoms with Crippen molar-refractivity contribution in [3.63, 3.8) is 0 Å². The summed E-state index contributed by atoms with van der Waals surface area (Å²) in [4.78, 5) is 25.5. The van der Waals surface area contributed by atoms with E-state index in [2.05, 4.69) is 17.3 Å². The molecule has 5 heteroatoms. The fourth-order valence-electron chi connectivity index (χ4n) is 3.14. The summed E-state index contributed by atoms with van der Waals surface area (Å²) in [6.07, 6.45) is 5.19. The minimum absolute atomic E-state index is 0.282. The van der Waals surface area contributed by atoms with Gasteiger partial charge in [-0.2, -0.15) is 0 Å². The van der Waals surface area contributed by atoms with Crippen LogP contribution in [0.5, 0.6) is 0 Å². The first-order valence-corrected chi connectivity index (χ1v) is 7.25. The molecule has 0 aromatic heterocycles. The van der Waals surface area contributed by atoms with E-state index in [-0.39, 0.29) is 5.91 Å². The van der Waals surface area contributed by atoms with E-state index in [1.165, 1.54) is 12.8 Å². The third-order valence-corrected chi connectivity index (χ3v) is 4.61. The van der Waals surface area contributed by atoms with Gasteiger partial charge in [0, 0.05) is 13.1 Å². The highest BCUT2D eigenvalue weighted by molar-refractivity contribution is 6.02. The molecule has 1 unspecified atom stereocenters. The minimum Gasteiger partial charge on any atom is -0.480 e. The predicted molar refractivity (Wildman–Crippen MR) is 71.8 cm³/mol. The van der Waals surface area contributed by atoms with E-state index in [1.54, 1.807) is 0 Å². The number of hydrogen-bond donors (Lipinski definition) is 2. The Labute approximate surface area is 114 Å². The summed E-state index contributed by atoms with van der Waals surface area (Å²) in [6.45, 7) is 2.84. The summed E-state index contributed by atoms with van der Waals surface area (Å²) in [5, 5.41) is 12.0. The molecule has 5 nitrogen and oxygen atoms in total. The quantitative estimate of drug-likeness (QED) is 0.732. The molecular weight excluding hydrogens is 244 g/mol. The molecule has 108 valence electrons. The van der Waals surface area contributed by atoms with Gasteiger partial charge in [0.05, 0.1) is 0 Å². The summed E-state index contributed by atoms with van der Waals surface area (Å²) in [5.74, 6) is -0.620. The van der Waals surface area contributed by atoms with E-state index in [4.69, 9.17) is 5.11 Å². The Morgan fingerprint density at radius 2 is 2.11 bits per heavy atom. The summed E-state index contributed by atoms with van der Waals surface area (Å²) < 4.78 is 0. The van der Waals surface area contributed by atoms with Crippen molar-refractivity contribution in [1.29, 1.82) is 0 Å². The van der Waals surface area contributed by atoms with Crippen molar-refractivity contribution in [3.8, 4) is 0 Å². The summed E-state index contributed by atoms with van der Waals surface area (Å²) >= 11 is 0. The zero-order valence-corrected chi connectivity index (χ0v) is 11.7. The van der Waals surface area contributed by atoms with Gasteiger partial charge in [-0.3, -0.25) is 9.59 Å². The van der Waals surface area contributed by atoms with E-state index in [0.29, 0.717) is 25.3 Å². The Hall–Kier alpha value is -1.10. The first kappa shape index (κ1) is 14.3. The molecule has 1 aliphatic carbocycles. The number of rotatable bonds is 5. The average Bonchev–Trinajstić information content (AvgIpc) is 2.26. The van der Waals surface area contributed by atoms with Gasteiger partial charge >= 0.3 is 5.97 Å². The molecule has 2 aliphatic rings. The van der Waals surface area contributed by atoms with Gasteiger partial charge in [-0.15, -0.1) is 0 Å². The van der Waals surface area contributed by atoms with Crippen molar-refractivity contribution in [3.05, 3.63) is 0 Å². The molecule has 2 fully saturated rings. The SMILES string of the molecule is CN1CCCC(CCNC(=O)C2(C(=O)O)CCC2)C1. The third kappa shape index (κ3) is 3.08. The van der Waals surface area contributed by atoms with Gasteiger partial charge in [0.15, 0.2) is 0 Å². The maximum absolute atomic E-state index is 12.0. The molecule has 0 aromatic carbocycles. The molecule has 1 saturated carbocycles. The largest absolute Gasteiger partial charge is 0.480 e. The second-order valence-electron chi connectivity index (χ2n) is 6.06. The van der Waals surface area contributed by atoms with Crippen LogP contribution in [0.3, 0.4) is 0 Å². The second-order valence-corrected chi connectivity index (χ2v) is 6.06. The molecule has 19 heavy (non-hydrogen) atoms. The molecule has 1 saturated heterocycles. The molecule has 0 spiro atoms. The number of likely N-dealkylation sites (tertiary alicyclic amines) is 1. The fraction of sp³-hybridized carbons (Fsp3) is 0.857. The summed E-state index contributed by atoms with van der Waals surface area (Å²) in [6, 6.07) is 0. The number of amides is 1. The van der Waals surface area contributed by atoms with Crippen molar-refractivity contribution in [2.24, 2.45) is 11.3 Å². The van der Waals surface area contributed by atoms with Crippen molar-refractivity contribution in [1.82, 2.24) is 10.2 Å². The minimum atomic E-state index is -1.12. The molecule has 1 heterocycles. The van der Waals surface area contributed by atoms with Gasteiger partial charge < -0.3 is 15.3 Å². The van der Waals surface area contributed by atoms with Crippen LogP contribution in [-0.4, -0.2) is 48.6 Å². The number of carboxylic acids is 1. The Morgan fingerprint density at radius 3 is 2.63 bits per heavy atom. The molecule has 1 atom stereocenters. The smallest absolute Gasteiger partial charge is 0.319 e. The van der Waals surface area contributed by atoms with Gasteiger partial charge in [-0.25, -0.2) is 0 Å². The zero-order valence-electron chi connectivity index (χ0n) is 11.7. The van der Waals surface area contributed by atoms with E-state index >= 15 is 0 Å². The molecule has 1 amide bonds. The summed E-state index contributed by atoms with van der Waals surface area (Å²) in [5.41, 5.74) is -1.12. The number of nitrogens with zero attached hydrogens (tertiary/aromatic N) is 1. The van der Waals surface area contributed by atoms with Crippen LogP contribution < -0.4 is 5.32 Å². The number of hydrogen-bond acceptors (Lipinski definition) is 3. The Bertz CT molecular complexity index is 353. The standard InChI is InChI=1S/C14H24N2O3/c1-16-9-2-4-11(10-16)5-8-15-12(17)14(13(18)19)6-3-7-14/h11H,2-10H2,1H3,(H,15,17)(H,18,19). The molecule has 2 rings (SSSR count). The Balaban J connectivity index is 1.73. The fourth-order valence-corrected chi connectivity index (χ4v) is 3.14. The number of carbonyl (C=O) groups excluding carboxylic acids is 1. The molecule has 2 N–H and O–H groups in total. The number of nitrogens with one attached hydrogen (secondary N) is 1. The van der Waals surface area contributed by atoms with Crippen molar-refractivity contribution in [2.75, 3.05) is 26.7 Å². The Morgan fingerprint density at radius 1 is 1.37 bits per heavy atom. The monoisotopic (exact) mass is 268 g/mol. The maximum Gasteiger partial charge on any atom is 0.319 e. The maximum atomic E-state index is 12.0. The lowest BCUT2D eigenvalue weighted by molar-refractivity contribution is -0.162. The van der Waals surface area contributed by atoms with Crippen molar-refractivity contribution < 1.29 is 14.7 Å². The third-order valence-electron chi connectivity index (χ3n) is 4.61. The zero-order chi connectivity index (χ0) is 13.9. The number of piperidine rings is 1. The molecule has 1 aliphatic heterocycles. The molecular formula is C14H24N2O3. The van der Waals surface area contributed by atoms with Crippen molar-refractivity contribution in [2.45, 2.75) is 38.5 Å². The highest BCUT2D eigenvalue weighted by Crippen LogP contribution is 2.41. The Kier molecular flexibility index (Phi) is 4.45. The highest BCUT2D eigenvalue weighted by Gasteiger charge is 2.50. The van der Waals surface area contributed by atoms with Crippen LogP contribution in [0, 0.1) is 11.3 Å². The van der Waals surface area contributed by atoms with Gasteiger partial charge in [-0.05, 0) is 51.6 Å². The van der Waals surface area contributed by atoms with Crippen LogP contribution in [0.25, 0.3) is 0 Å². The van der Waals surface area contributed by atoms with Gasteiger partial charge in [0.2, 0.25) is 5.91 Å². The molecule has 0 radical (unpaired) electrons. The van der Waals surface area contributed by atoms with Gasteiger partial charge in [0.25, 0.3) is 0 Å². The molecule has 0 bridgehead atoms. The lowest BCUT2D eigenvalue weighted by Crippen LogP contribution is -2.51. The van der Waals surface area contributed by atoms with Crippen LogP contribution in [0.15, 0.2) is 0 Å². The van der Waals surface area contributed by atoms with Crippen LogP contribution in [-0.2, 0) is 9.59 Å². The van der Waals surface area contributed by atoms with E-state index in [9.17, 15) is 9.59 Å². The van der Waals surface area contributed by atoms with Crippen molar-refractivity contribution >= 4 is 11.9 Å². The predicted octanol–water partition coefficient (Wildman–Crippen LogP) is 1.09. The van der Waals surface area contributed by atoms with Gasteiger partial charge in [0.1, 0.15) is 5.41 Å². The number of carbonyl (C=O) groups is 2. The first-order valence-electron chi connectivity index (χ1n) is 7.25. The van der Waals surface area contributed by atoms with Crippen LogP contribution in [0.4, 0.5) is 0 Å². The van der Waals surface area contributed by atoms with E-state index in [1.807, 2.05) is 0 Å². The van der Waals surface area contributed by atoms with E-state index in [0.717, 1.165) is 25.9 Å². The summed E-state index contributed by atoms with van der Waals surface area (Å²) in [7, 11) is 2.12. The average molecular weight is 268 g/mol. The van der Waals surface area contributed by atoms with Crippen LogP contribution in [0.2, 0.25) is 0 Å². The topological polar surface area (TPSA) is 69.6 Å².